The van der Waals surface area contributed by atoms with Crippen molar-refractivity contribution in [2.24, 2.45) is 0 Å². The molecule has 1 heterocycles. The maximum atomic E-state index is 12.5. The number of ether oxygens (including phenoxy) is 1. The highest BCUT2D eigenvalue weighted by Crippen LogP contribution is 2.24. The summed E-state index contributed by atoms with van der Waals surface area (Å²) in [6.07, 6.45) is 1.66. The number of H-pyrrole nitrogens is 1. The van der Waals surface area contributed by atoms with Crippen LogP contribution >= 0.6 is 0 Å². The normalized spacial score (nSPS) is 10.4. The van der Waals surface area contributed by atoms with Gasteiger partial charge in [0.05, 0.1) is 12.7 Å². The number of fused-ring (bicyclic) bond motifs is 1. The zero-order valence-corrected chi connectivity index (χ0v) is 13.3. The molecular formula is C18H17N3O3. The summed E-state index contributed by atoms with van der Waals surface area (Å²) in [4.78, 5) is 26.7. The van der Waals surface area contributed by atoms with Crippen molar-refractivity contribution in [1.29, 1.82) is 0 Å². The highest BCUT2D eigenvalue weighted by molar-refractivity contribution is 6.13. The van der Waals surface area contributed by atoms with E-state index in [4.69, 9.17) is 4.74 Å². The van der Waals surface area contributed by atoms with Crippen LogP contribution < -0.4 is 15.4 Å². The number of amides is 2. The van der Waals surface area contributed by atoms with Gasteiger partial charge in [-0.15, -0.1) is 0 Å². The third-order valence-corrected chi connectivity index (χ3v) is 3.57. The summed E-state index contributed by atoms with van der Waals surface area (Å²) in [5.41, 5.74) is 2.60. The standard InChI is InChI=1S/C18H17N3O3/c1-11(22)20-12-4-3-5-13(8-12)21-18(23)16-10-19-17-9-14(24-2)6-7-15(16)17/h3-10,19H,1-2H3,(H,20,22)(H,21,23). The number of hydrogen-bond acceptors (Lipinski definition) is 3. The van der Waals surface area contributed by atoms with E-state index in [1.54, 1.807) is 37.6 Å². The monoisotopic (exact) mass is 323 g/mol. The maximum absolute atomic E-state index is 12.5. The number of rotatable bonds is 4. The van der Waals surface area contributed by atoms with Crippen molar-refractivity contribution in [2.45, 2.75) is 6.92 Å². The molecule has 0 aliphatic carbocycles. The molecule has 3 aromatic rings. The third-order valence-electron chi connectivity index (χ3n) is 3.57. The summed E-state index contributed by atoms with van der Waals surface area (Å²) < 4.78 is 5.18. The number of carbonyl (C=O) groups excluding carboxylic acids is 2. The van der Waals surface area contributed by atoms with Crippen LogP contribution in [-0.4, -0.2) is 23.9 Å². The van der Waals surface area contributed by atoms with Crippen LogP contribution in [0.3, 0.4) is 0 Å². The summed E-state index contributed by atoms with van der Waals surface area (Å²) in [7, 11) is 1.60. The Morgan fingerprint density at radius 2 is 1.79 bits per heavy atom. The summed E-state index contributed by atoms with van der Waals surface area (Å²) >= 11 is 0. The van der Waals surface area contributed by atoms with Gasteiger partial charge in [-0.1, -0.05) is 6.07 Å². The van der Waals surface area contributed by atoms with E-state index in [2.05, 4.69) is 15.6 Å². The second-order valence-corrected chi connectivity index (χ2v) is 5.33. The van der Waals surface area contributed by atoms with Gasteiger partial charge in [0.25, 0.3) is 5.91 Å². The quantitative estimate of drug-likeness (QED) is 0.688. The first-order valence-electron chi connectivity index (χ1n) is 7.41. The predicted molar refractivity (Wildman–Crippen MR) is 93.5 cm³/mol. The average Bonchev–Trinajstić information content (AvgIpc) is 2.97. The number of anilines is 2. The van der Waals surface area contributed by atoms with E-state index in [-0.39, 0.29) is 11.8 Å². The minimum Gasteiger partial charge on any atom is -0.497 e. The molecule has 6 heteroatoms. The molecule has 3 rings (SSSR count). The Morgan fingerprint density at radius 1 is 1.04 bits per heavy atom. The predicted octanol–water partition coefficient (Wildman–Crippen LogP) is 3.39. The highest BCUT2D eigenvalue weighted by atomic mass is 16.5. The van der Waals surface area contributed by atoms with Crippen LogP contribution in [0.25, 0.3) is 10.9 Å². The van der Waals surface area contributed by atoms with Gasteiger partial charge >= 0.3 is 0 Å². The van der Waals surface area contributed by atoms with Crippen LogP contribution in [0.5, 0.6) is 5.75 Å². The van der Waals surface area contributed by atoms with E-state index >= 15 is 0 Å². The highest BCUT2D eigenvalue weighted by Gasteiger charge is 2.13. The Labute approximate surface area is 138 Å². The number of hydrogen-bond donors (Lipinski definition) is 3. The van der Waals surface area contributed by atoms with E-state index in [9.17, 15) is 9.59 Å². The number of aromatic amines is 1. The summed E-state index contributed by atoms with van der Waals surface area (Å²) in [5, 5.41) is 6.33. The SMILES string of the molecule is COc1ccc2c(C(=O)Nc3cccc(NC(C)=O)c3)c[nH]c2c1. The van der Waals surface area contributed by atoms with Gasteiger partial charge in [0.1, 0.15) is 5.75 Å². The van der Waals surface area contributed by atoms with Crippen LogP contribution in [0.1, 0.15) is 17.3 Å². The molecule has 0 atom stereocenters. The van der Waals surface area contributed by atoms with Crippen molar-refractivity contribution < 1.29 is 14.3 Å². The molecule has 24 heavy (non-hydrogen) atoms. The molecular weight excluding hydrogens is 306 g/mol. The number of benzene rings is 2. The first-order valence-corrected chi connectivity index (χ1v) is 7.41. The van der Waals surface area contributed by atoms with Crippen molar-refractivity contribution >= 4 is 34.1 Å². The summed E-state index contributed by atoms with van der Waals surface area (Å²) in [6, 6.07) is 12.5. The second kappa shape index (κ2) is 6.45. The first-order chi connectivity index (χ1) is 11.6. The summed E-state index contributed by atoms with van der Waals surface area (Å²) in [5.74, 6) is 0.328. The molecule has 0 spiro atoms. The molecule has 122 valence electrons. The first kappa shape index (κ1) is 15.6. The van der Waals surface area contributed by atoms with Gasteiger partial charge in [0, 0.05) is 41.5 Å². The Hall–Kier alpha value is -3.28. The van der Waals surface area contributed by atoms with Crippen molar-refractivity contribution in [1.82, 2.24) is 4.98 Å². The van der Waals surface area contributed by atoms with Crippen LogP contribution in [-0.2, 0) is 4.79 Å². The van der Waals surface area contributed by atoms with Gasteiger partial charge in [0.15, 0.2) is 0 Å². The van der Waals surface area contributed by atoms with Crippen LogP contribution in [0.4, 0.5) is 11.4 Å². The van der Waals surface area contributed by atoms with E-state index in [0.717, 1.165) is 16.7 Å². The maximum Gasteiger partial charge on any atom is 0.257 e. The zero-order chi connectivity index (χ0) is 17.1. The molecule has 0 radical (unpaired) electrons. The minimum atomic E-state index is -0.230. The molecule has 0 saturated heterocycles. The minimum absolute atomic E-state index is 0.163. The van der Waals surface area contributed by atoms with E-state index in [1.807, 2.05) is 18.2 Å². The Balaban J connectivity index is 1.84. The lowest BCUT2D eigenvalue weighted by Gasteiger charge is -2.07. The van der Waals surface area contributed by atoms with Gasteiger partial charge in [-0.2, -0.15) is 0 Å². The number of aromatic nitrogens is 1. The molecule has 0 unspecified atom stereocenters. The van der Waals surface area contributed by atoms with Crippen LogP contribution in [0.2, 0.25) is 0 Å². The van der Waals surface area contributed by atoms with Gasteiger partial charge in [-0.3, -0.25) is 9.59 Å². The van der Waals surface area contributed by atoms with Crippen molar-refractivity contribution in [2.75, 3.05) is 17.7 Å². The van der Waals surface area contributed by atoms with E-state index in [1.165, 1.54) is 6.92 Å². The molecule has 2 amide bonds. The Kier molecular flexibility index (Phi) is 4.20. The number of nitrogens with one attached hydrogen (secondary N) is 3. The van der Waals surface area contributed by atoms with Crippen LogP contribution in [0.15, 0.2) is 48.7 Å². The molecule has 3 N–H and O–H groups in total. The molecule has 0 fully saturated rings. The zero-order valence-electron chi connectivity index (χ0n) is 13.3. The largest absolute Gasteiger partial charge is 0.497 e. The van der Waals surface area contributed by atoms with E-state index in [0.29, 0.717) is 16.9 Å². The number of methoxy groups -OCH3 is 1. The fraction of sp³-hybridized carbons (Fsp3) is 0.111. The Morgan fingerprint density at radius 3 is 2.50 bits per heavy atom. The fourth-order valence-corrected chi connectivity index (χ4v) is 2.50. The molecule has 1 aromatic heterocycles. The van der Waals surface area contributed by atoms with Gasteiger partial charge < -0.3 is 20.4 Å². The average molecular weight is 323 g/mol. The fourth-order valence-electron chi connectivity index (χ4n) is 2.50. The lowest BCUT2D eigenvalue weighted by atomic mass is 10.1. The molecule has 0 aliphatic heterocycles. The Bertz CT molecular complexity index is 915. The molecule has 0 saturated carbocycles. The smallest absolute Gasteiger partial charge is 0.257 e. The van der Waals surface area contributed by atoms with Gasteiger partial charge in [0.2, 0.25) is 5.91 Å². The van der Waals surface area contributed by atoms with Crippen molar-refractivity contribution in [3.05, 3.63) is 54.2 Å². The van der Waals surface area contributed by atoms with Gasteiger partial charge in [-0.05, 0) is 30.3 Å². The van der Waals surface area contributed by atoms with E-state index < -0.39 is 0 Å². The molecule has 2 aromatic carbocycles. The van der Waals surface area contributed by atoms with Crippen LogP contribution in [0, 0.1) is 0 Å². The van der Waals surface area contributed by atoms with Gasteiger partial charge in [-0.25, -0.2) is 0 Å². The number of carbonyl (C=O) groups is 2. The molecule has 6 nitrogen and oxygen atoms in total. The lowest BCUT2D eigenvalue weighted by molar-refractivity contribution is -0.114. The van der Waals surface area contributed by atoms with Crippen molar-refractivity contribution in [3.8, 4) is 5.75 Å². The van der Waals surface area contributed by atoms with Crippen molar-refractivity contribution in [3.63, 3.8) is 0 Å². The molecule has 0 bridgehead atoms. The molecule has 0 aliphatic rings. The second-order valence-electron chi connectivity index (χ2n) is 5.33. The topological polar surface area (TPSA) is 83.2 Å². The third kappa shape index (κ3) is 3.22. The lowest BCUT2D eigenvalue weighted by Crippen LogP contribution is -2.12. The summed E-state index contributed by atoms with van der Waals surface area (Å²) in [6.45, 7) is 1.44.